The van der Waals surface area contributed by atoms with Crippen molar-refractivity contribution in [3.05, 3.63) is 190 Å². The molecule has 6 aromatic carbocycles. The molecule has 10 rings (SSSR count). The minimum absolute atomic E-state index is 0.164. The van der Waals surface area contributed by atoms with Crippen LogP contribution in [-0.4, -0.2) is 11.9 Å². The standard InChI is InChI=1S/C48H36N2O4/c1-47(2)33-19-11-13-21-37(33)49(31-15-7-5-8-16-31)39-25-23-29(27-35(39)47)43-41-42(46(52)53-43)44(54-45(41)51)30-24-26-40-36(28-30)48(3,4)34-20-12-14-22-38(34)50(40)32-17-9-6-10-18-32/h5-28H,1-4H3. The summed E-state index contributed by atoms with van der Waals surface area (Å²) < 4.78 is 12.0. The first kappa shape index (κ1) is 32.0. The van der Waals surface area contributed by atoms with Gasteiger partial charge in [-0.1, -0.05) is 100 Å². The van der Waals surface area contributed by atoms with Gasteiger partial charge in [0.15, 0.2) is 11.5 Å². The van der Waals surface area contributed by atoms with Gasteiger partial charge >= 0.3 is 11.9 Å². The second-order valence-corrected chi connectivity index (χ2v) is 15.3. The number of hydrogen-bond donors (Lipinski definition) is 0. The summed E-state index contributed by atoms with van der Waals surface area (Å²) in [7, 11) is 0. The van der Waals surface area contributed by atoms with Crippen LogP contribution in [0.5, 0.6) is 0 Å². The van der Waals surface area contributed by atoms with E-state index in [1.807, 2.05) is 48.5 Å². The molecule has 262 valence electrons. The highest BCUT2D eigenvalue weighted by atomic mass is 16.6. The van der Waals surface area contributed by atoms with Gasteiger partial charge in [-0.2, -0.15) is 0 Å². The van der Waals surface area contributed by atoms with Crippen molar-refractivity contribution in [2.45, 2.75) is 38.5 Å². The summed E-state index contributed by atoms with van der Waals surface area (Å²) in [5, 5.41) is 0. The minimum Gasteiger partial charge on any atom is -0.421 e. The maximum absolute atomic E-state index is 13.8. The van der Waals surface area contributed by atoms with E-state index in [0.717, 1.165) is 45.3 Å². The Bertz CT molecular complexity index is 2470. The zero-order chi connectivity index (χ0) is 36.9. The van der Waals surface area contributed by atoms with Gasteiger partial charge in [0, 0.05) is 33.3 Å². The molecule has 0 fully saturated rings. The second-order valence-electron chi connectivity index (χ2n) is 15.3. The van der Waals surface area contributed by atoms with Crippen molar-refractivity contribution in [2.24, 2.45) is 0 Å². The lowest BCUT2D eigenvalue weighted by Gasteiger charge is -2.42. The van der Waals surface area contributed by atoms with Crippen molar-refractivity contribution in [3.8, 4) is 0 Å². The molecule has 4 aliphatic heterocycles. The summed E-state index contributed by atoms with van der Waals surface area (Å²) in [6, 6.07) is 49.5. The maximum atomic E-state index is 13.8. The Kier molecular flexibility index (Phi) is 6.77. The molecule has 6 nitrogen and oxygen atoms in total. The lowest BCUT2D eigenvalue weighted by atomic mass is 9.73. The van der Waals surface area contributed by atoms with Crippen LogP contribution in [-0.2, 0) is 29.9 Å². The topological polar surface area (TPSA) is 59.1 Å². The average molecular weight is 705 g/mol. The highest BCUT2D eigenvalue weighted by Crippen LogP contribution is 2.55. The van der Waals surface area contributed by atoms with E-state index in [2.05, 4.69) is 135 Å². The number of rotatable bonds is 4. The molecule has 0 atom stereocenters. The summed E-state index contributed by atoms with van der Waals surface area (Å²) in [6.45, 7) is 8.82. The second kappa shape index (κ2) is 11.4. The molecular weight excluding hydrogens is 669 g/mol. The van der Waals surface area contributed by atoms with Gasteiger partial charge in [-0.05, 0) is 95.1 Å². The van der Waals surface area contributed by atoms with E-state index in [-0.39, 0.29) is 33.5 Å². The van der Waals surface area contributed by atoms with Crippen LogP contribution in [0, 0.1) is 0 Å². The van der Waals surface area contributed by atoms with Crippen LogP contribution >= 0.6 is 0 Å². The van der Waals surface area contributed by atoms with Crippen LogP contribution in [0.1, 0.15) is 61.1 Å². The van der Waals surface area contributed by atoms with Gasteiger partial charge in [0.1, 0.15) is 11.1 Å². The van der Waals surface area contributed by atoms with Gasteiger partial charge in [0.05, 0.1) is 22.7 Å². The predicted molar refractivity (Wildman–Crippen MR) is 213 cm³/mol. The monoisotopic (exact) mass is 704 g/mol. The molecule has 4 aliphatic rings. The van der Waals surface area contributed by atoms with Gasteiger partial charge in [-0.25, -0.2) is 9.59 Å². The SMILES string of the molecule is CC1(C)c2ccccc2N(c2ccccc2)c2ccc(C3=C4C(=O)OC(c5ccc6c(c5)C(C)(C)c5ccccc5N6c5ccccc5)=C4C(=O)O3)cc21. The Hall–Kier alpha value is -6.66. The first-order valence-electron chi connectivity index (χ1n) is 18.3. The molecule has 0 aliphatic carbocycles. The van der Waals surface area contributed by atoms with Gasteiger partial charge < -0.3 is 19.3 Å². The number of hydrogen-bond acceptors (Lipinski definition) is 6. The van der Waals surface area contributed by atoms with Crippen LogP contribution in [0.4, 0.5) is 34.1 Å². The van der Waals surface area contributed by atoms with E-state index in [4.69, 9.17) is 9.47 Å². The number of fused-ring (bicyclic) bond motifs is 5. The first-order valence-corrected chi connectivity index (χ1v) is 18.3. The van der Waals surface area contributed by atoms with E-state index in [9.17, 15) is 9.59 Å². The smallest absolute Gasteiger partial charge is 0.348 e. The summed E-state index contributed by atoms with van der Waals surface area (Å²) >= 11 is 0. The van der Waals surface area contributed by atoms with Crippen molar-refractivity contribution in [1.82, 2.24) is 0 Å². The van der Waals surface area contributed by atoms with Crippen molar-refractivity contribution in [3.63, 3.8) is 0 Å². The fourth-order valence-electron chi connectivity index (χ4n) is 8.81. The largest absolute Gasteiger partial charge is 0.421 e. The molecule has 0 saturated heterocycles. The average Bonchev–Trinajstić information content (AvgIpc) is 3.73. The molecule has 0 spiro atoms. The molecule has 0 amide bonds. The molecule has 4 heterocycles. The molecule has 6 aromatic rings. The Morgan fingerprint density at radius 3 is 1.17 bits per heavy atom. The fraction of sp³-hybridized carbons (Fsp3) is 0.125. The number of benzene rings is 6. The molecule has 0 aromatic heterocycles. The van der Waals surface area contributed by atoms with E-state index in [1.54, 1.807) is 0 Å². The maximum Gasteiger partial charge on any atom is 0.348 e. The van der Waals surface area contributed by atoms with Gasteiger partial charge in [-0.15, -0.1) is 0 Å². The molecule has 0 saturated carbocycles. The molecule has 0 bridgehead atoms. The number of carbonyl (C=O) groups is 2. The van der Waals surface area contributed by atoms with Crippen molar-refractivity contribution >= 4 is 57.6 Å². The number of anilines is 6. The molecule has 0 N–H and O–H groups in total. The third-order valence-corrected chi connectivity index (χ3v) is 11.5. The van der Waals surface area contributed by atoms with Crippen LogP contribution in [0.15, 0.2) is 157 Å². The number of esters is 2. The van der Waals surface area contributed by atoms with Crippen molar-refractivity contribution in [1.29, 1.82) is 0 Å². The highest BCUT2D eigenvalue weighted by Gasteiger charge is 2.47. The van der Waals surface area contributed by atoms with Crippen LogP contribution in [0.3, 0.4) is 0 Å². The molecular formula is C48H36N2O4. The molecule has 54 heavy (non-hydrogen) atoms. The van der Waals surface area contributed by atoms with E-state index in [0.29, 0.717) is 11.1 Å². The lowest BCUT2D eigenvalue weighted by molar-refractivity contribution is -0.131. The predicted octanol–water partition coefficient (Wildman–Crippen LogP) is 11.1. The van der Waals surface area contributed by atoms with Gasteiger partial charge in [0.2, 0.25) is 0 Å². The van der Waals surface area contributed by atoms with E-state index in [1.165, 1.54) is 11.1 Å². The normalized spacial score (nSPS) is 17.3. The van der Waals surface area contributed by atoms with Crippen molar-refractivity contribution in [2.75, 3.05) is 9.80 Å². The van der Waals surface area contributed by atoms with E-state index < -0.39 is 11.9 Å². The van der Waals surface area contributed by atoms with Crippen LogP contribution < -0.4 is 9.80 Å². The number of ether oxygens (including phenoxy) is 2. The Labute approximate surface area is 314 Å². The van der Waals surface area contributed by atoms with Crippen LogP contribution in [0.25, 0.3) is 11.5 Å². The molecule has 0 radical (unpaired) electrons. The third-order valence-electron chi connectivity index (χ3n) is 11.5. The lowest BCUT2D eigenvalue weighted by Crippen LogP contribution is -2.30. The third kappa shape index (κ3) is 4.46. The van der Waals surface area contributed by atoms with Crippen molar-refractivity contribution < 1.29 is 19.1 Å². The van der Waals surface area contributed by atoms with Gasteiger partial charge in [0.25, 0.3) is 0 Å². The Morgan fingerprint density at radius 1 is 0.407 bits per heavy atom. The first-order chi connectivity index (χ1) is 26.1. The Balaban J connectivity index is 1.11. The summed E-state index contributed by atoms with van der Waals surface area (Å²) in [5.41, 5.74) is 11.7. The molecule has 6 heteroatoms. The zero-order valence-electron chi connectivity index (χ0n) is 30.4. The summed E-state index contributed by atoms with van der Waals surface area (Å²) in [5.74, 6) is -0.743. The van der Waals surface area contributed by atoms with Crippen LogP contribution in [0.2, 0.25) is 0 Å². The number of cyclic esters (lactones) is 2. The number of nitrogens with zero attached hydrogens (tertiary/aromatic N) is 2. The zero-order valence-corrected chi connectivity index (χ0v) is 30.4. The Morgan fingerprint density at radius 2 is 0.759 bits per heavy atom. The number of carbonyl (C=O) groups excluding carboxylic acids is 2. The quantitative estimate of drug-likeness (QED) is 0.170. The van der Waals surface area contributed by atoms with E-state index >= 15 is 0 Å². The minimum atomic E-state index is -0.595. The fourth-order valence-corrected chi connectivity index (χ4v) is 8.81. The molecule has 0 unspecified atom stereocenters. The summed E-state index contributed by atoms with van der Waals surface area (Å²) in [6.07, 6.45) is 0. The summed E-state index contributed by atoms with van der Waals surface area (Å²) in [4.78, 5) is 32.2. The highest BCUT2D eigenvalue weighted by molar-refractivity contribution is 6.24. The van der Waals surface area contributed by atoms with Gasteiger partial charge in [-0.3, -0.25) is 0 Å². The number of para-hydroxylation sites is 4.